The molecule has 1 aromatic rings. The van der Waals surface area contributed by atoms with Crippen LogP contribution in [0.4, 0.5) is 0 Å². The molecule has 1 heterocycles. The van der Waals surface area contributed by atoms with E-state index in [1.165, 1.54) is 24.8 Å². The first-order valence-corrected chi connectivity index (χ1v) is 7.23. The van der Waals surface area contributed by atoms with E-state index in [0.29, 0.717) is 6.04 Å². The number of aromatic nitrogens is 1. The van der Waals surface area contributed by atoms with Crippen molar-refractivity contribution in [3.05, 3.63) is 30.1 Å². The first-order chi connectivity index (χ1) is 8.88. The standard InChI is InChI=1S/C15H21N3/c16-18-12(6-9-2-1-5-17-8-9)15-13-10-3-4-11(7-10)14(13)15/h1-2,5,8,10-15,18H,3-4,6-7,16H2. The van der Waals surface area contributed by atoms with Gasteiger partial charge in [-0.2, -0.15) is 0 Å². The Morgan fingerprint density at radius 3 is 2.72 bits per heavy atom. The summed E-state index contributed by atoms with van der Waals surface area (Å²) in [6.45, 7) is 0. The molecule has 0 spiro atoms. The molecule has 0 radical (unpaired) electrons. The zero-order valence-corrected chi connectivity index (χ0v) is 10.6. The Kier molecular flexibility index (Phi) is 2.45. The molecule has 0 aromatic carbocycles. The summed E-state index contributed by atoms with van der Waals surface area (Å²) in [5, 5.41) is 0. The number of nitrogens with zero attached hydrogens (tertiary/aromatic N) is 1. The van der Waals surface area contributed by atoms with E-state index in [-0.39, 0.29) is 0 Å². The molecule has 3 N–H and O–H groups in total. The largest absolute Gasteiger partial charge is 0.271 e. The van der Waals surface area contributed by atoms with E-state index in [9.17, 15) is 0 Å². The lowest BCUT2D eigenvalue weighted by molar-refractivity contribution is 0.365. The van der Waals surface area contributed by atoms with Crippen LogP contribution in [0.25, 0.3) is 0 Å². The topological polar surface area (TPSA) is 50.9 Å². The molecule has 3 aliphatic rings. The molecular formula is C15H21N3. The van der Waals surface area contributed by atoms with Crippen LogP contribution in [0.5, 0.6) is 0 Å². The van der Waals surface area contributed by atoms with Crippen LogP contribution in [-0.2, 0) is 6.42 Å². The first kappa shape index (κ1) is 10.9. The van der Waals surface area contributed by atoms with E-state index in [0.717, 1.165) is 36.0 Å². The number of nitrogens with one attached hydrogen (secondary N) is 1. The molecule has 3 aliphatic carbocycles. The summed E-state index contributed by atoms with van der Waals surface area (Å²) in [6, 6.07) is 4.62. The Hall–Kier alpha value is -0.930. The van der Waals surface area contributed by atoms with Crippen molar-refractivity contribution >= 4 is 0 Å². The van der Waals surface area contributed by atoms with E-state index in [2.05, 4.69) is 16.5 Å². The van der Waals surface area contributed by atoms with Crippen molar-refractivity contribution in [3.8, 4) is 0 Å². The summed E-state index contributed by atoms with van der Waals surface area (Å²) in [5.41, 5.74) is 4.39. The minimum absolute atomic E-state index is 0.451. The molecule has 0 aliphatic heterocycles. The van der Waals surface area contributed by atoms with Gasteiger partial charge in [-0.25, -0.2) is 0 Å². The summed E-state index contributed by atoms with van der Waals surface area (Å²) >= 11 is 0. The van der Waals surface area contributed by atoms with Crippen molar-refractivity contribution in [2.24, 2.45) is 35.4 Å². The second-order valence-electron chi connectivity index (χ2n) is 6.40. The third-order valence-electron chi connectivity index (χ3n) is 5.65. The summed E-state index contributed by atoms with van der Waals surface area (Å²) in [7, 11) is 0. The molecular weight excluding hydrogens is 222 g/mol. The van der Waals surface area contributed by atoms with Gasteiger partial charge in [-0.3, -0.25) is 16.3 Å². The van der Waals surface area contributed by atoms with E-state index in [1.54, 1.807) is 0 Å². The molecule has 3 saturated carbocycles. The smallest absolute Gasteiger partial charge is 0.0300 e. The zero-order chi connectivity index (χ0) is 12.1. The number of fused-ring (bicyclic) bond motifs is 5. The van der Waals surface area contributed by atoms with Crippen molar-refractivity contribution in [2.75, 3.05) is 0 Å². The van der Waals surface area contributed by atoms with Crippen LogP contribution < -0.4 is 11.3 Å². The molecule has 4 rings (SSSR count). The highest BCUT2D eigenvalue weighted by Crippen LogP contribution is 2.70. The molecule has 5 atom stereocenters. The van der Waals surface area contributed by atoms with Crippen molar-refractivity contribution in [2.45, 2.75) is 31.7 Å². The fraction of sp³-hybridized carbons (Fsp3) is 0.667. The zero-order valence-electron chi connectivity index (χ0n) is 10.6. The first-order valence-electron chi connectivity index (χ1n) is 7.23. The van der Waals surface area contributed by atoms with Gasteiger partial charge in [0.2, 0.25) is 0 Å². The fourth-order valence-electron chi connectivity index (χ4n) is 5.01. The number of rotatable bonds is 4. The van der Waals surface area contributed by atoms with Gasteiger partial charge >= 0.3 is 0 Å². The van der Waals surface area contributed by atoms with E-state index < -0.39 is 0 Å². The lowest BCUT2D eigenvalue weighted by atomic mass is 9.94. The van der Waals surface area contributed by atoms with Crippen LogP contribution in [0.2, 0.25) is 0 Å². The molecule has 0 amide bonds. The maximum Gasteiger partial charge on any atom is 0.0300 e. The number of hydrogen-bond acceptors (Lipinski definition) is 3. The Labute approximate surface area is 108 Å². The maximum atomic E-state index is 5.81. The highest BCUT2D eigenvalue weighted by Gasteiger charge is 2.66. The van der Waals surface area contributed by atoms with Gasteiger partial charge in [0.1, 0.15) is 0 Å². The lowest BCUT2D eigenvalue weighted by Gasteiger charge is -2.19. The molecule has 1 aromatic heterocycles. The highest BCUT2D eigenvalue weighted by molar-refractivity contribution is 5.19. The minimum Gasteiger partial charge on any atom is -0.271 e. The molecule has 2 bridgehead atoms. The minimum atomic E-state index is 0.451. The Morgan fingerprint density at radius 2 is 2.11 bits per heavy atom. The van der Waals surface area contributed by atoms with Gasteiger partial charge in [0.25, 0.3) is 0 Å². The van der Waals surface area contributed by atoms with E-state index >= 15 is 0 Å². The normalized spacial score (nSPS) is 41.7. The van der Waals surface area contributed by atoms with Crippen molar-refractivity contribution < 1.29 is 0 Å². The number of hydrogen-bond donors (Lipinski definition) is 2. The van der Waals surface area contributed by atoms with Crippen LogP contribution in [-0.4, -0.2) is 11.0 Å². The van der Waals surface area contributed by atoms with E-state index in [4.69, 9.17) is 5.84 Å². The van der Waals surface area contributed by atoms with Gasteiger partial charge in [0.15, 0.2) is 0 Å². The monoisotopic (exact) mass is 243 g/mol. The summed E-state index contributed by atoms with van der Waals surface area (Å²) in [4.78, 5) is 4.20. The van der Waals surface area contributed by atoms with Crippen molar-refractivity contribution in [1.29, 1.82) is 0 Å². The third-order valence-corrected chi connectivity index (χ3v) is 5.65. The lowest BCUT2D eigenvalue weighted by Crippen LogP contribution is -2.40. The third kappa shape index (κ3) is 1.54. The summed E-state index contributed by atoms with van der Waals surface area (Å²) in [6.07, 6.45) is 9.30. The van der Waals surface area contributed by atoms with Gasteiger partial charge in [0, 0.05) is 18.4 Å². The summed E-state index contributed by atoms with van der Waals surface area (Å²) in [5.74, 6) is 10.7. The number of hydrazine groups is 1. The molecule has 5 unspecified atom stereocenters. The SMILES string of the molecule is NNC(Cc1cccnc1)C1C2C3CCC(C3)C21. The van der Waals surface area contributed by atoms with Crippen LogP contribution in [0.3, 0.4) is 0 Å². The molecule has 3 nitrogen and oxygen atoms in total. The van der Waals surface area contributed by atoms with Gasteiger partial charge in [0.05, 0.1) is 0 Å². The average molecular weight is 243 g/mol. The van der Waals surface area contributed by atoms with Gasteiger partial charge in [-0.1, -0.05) is 6.07 Å². The molecule has 18 heavy (non-hydrogen) atoms. The van der Waals surface area contributed by atoms with Gasteiger partial charge in [-0.15, -0.1) is 0 Å². The molecule has 3 fully saturated rings. The predicted molar refractivity (Wildman–Crippen MR) is 70.4 cm³/mol. The van der Waals surface area contributed by atoms with Crippen molar-refractivity contribution in [1.82, 2.24) is 10.4 Å². The van der Waals surface area contributed by atoms with Crippen LogP contribution >= 0.6 is 0 Å². The Bertz CT molecular complexity index is 417. The maximum absolute atomic E-state index is 5.81. The highest BCUT2D eigenvalue weighted by atomic mass is 15.2. The Morgan fingerprint density at radius 1 is 1.33 bits per heavy atom. The fourth-order valence-corrected chi connectivity index (χ4v) is 5.01. The number of pyridine rings is 1. The predicted octanol–water partition coefficient (Wildman–Crippen LogP) is 1.75. The Balaban J connectivity index is 1.47. The average Bonchev–Trinajstić information content (AvgIpc) is 2.84. The second-order valence-corrected chi connectivity index (χ2v) is 6.40. The van der Waals surface area contributed by atoms with Gasteiger partial charge < -0.3 is 0 Å². The molecule has 0 saturated heterocycles. The van der Waals surface area contributed by atoms with Crippen LogP contribution in [0.15, 0.2) is 24.5 Å². The van der Waals surface area contributed by atoms with Crippen LogP contribution in [0, 0.1) is 29.6 Å². The quantitative estimate of drug-likeness (QED) is 0.625. The molecule has 3 heteroatoms. The summed E-state index contributed by atoms with van der Waals surface area (Å²) < 4.78 is 0. The van der Waals surface area contributed by atoms with Crippen molar-refractivity contribution in [3.63, 3.8) is 0 Å². The number of nitrogens with two attached hydrogens (primary N) is 1. The molecule has 96 valence electrons. The van der Waals surface area contributed by atoms with Gasteiger partial charge in [-0.05, 0) is 66.9 Å². The second kappa shape index (κ2) is 4.04. The van der Waals surface area contributed by atoms with Crippen LogP contribution in [0.1, 0.15) is 24.8 Å². The van der Waals surface area contributed by atoms with E-state index in [1.807, 2.05) is 18.5 Å².